The summed E-state index contributed by atoms with van der Waals surface area (Å²) >= 11 is 0. The SMILES string of the molecule is NC1(C(=O)NCC2CCCc3ccccc32)CCCCC1. The molecular formula is C18H26N2O. The Kier molecular flexibility index (Phi) is 4.29. The molecule has 1 aromatic carbocycles. The molecule has 0 aliphatic heterocycles. The van der Waals surface area contributed by atoms with Gasteiger partial charge in [0.05, 0.1) is 5.54 Å². The number of fused-ring (bicyclic) bond motifs is 1. The Morgan fingerprint density at radius 2 is 1.95 bits per heavy atom. The van der Waals surface area contributed by atoms with Crippen molar-refractivity contribution in [2.75, 3.05) is 6.54 Å². The Hall–Kier alpha value is -1.35. The van der Waals surface area contributed by atoms with Gasteiger partial charge in [-0.25, -0.2) is 0 Å². The van der Waals surface area contributed by atoms with E-state index in [0.717, 1.165) is 38.6 Å². The topological polar surface area (TPSA) is 55.1 Å². The van der Waals surface area contributed by atoms with E-state index in [-0.39, 0.29) is 5.91 Å². The van der Waals surface area contributed by atoms with Crippen LogP contribution in [0.2, 0.25) is 0 Å². The Morgan fingerprint density at radius 3 is 2.76 bits per heavy atom. The van der Waals surface area contributed by atoms with Gasteiger partial charge in [-0.2, -0.15) is 0 Å². The molecule has 0 radical (unpaired) electrons. The maximum absolute atomic E-state index is 12.4. The smallest absolute Gasteiger partial charge is 0.240 e. The lowest BCUT2D eigenvalue weighted by atomic mass is 9.80. The van der Waals surface area contributed by atoms with E-state index in [2.05, 4.69) is 29.6 Å². The zero-order valence-electron chi connectivity index (χ0n) is 12.7. The first kappa shape index (κ1) is 14.6. The van der Waals surface area contributed by atoms with Crippen LogP contribution in [-0.2, 0) is 11.2 Å². The van der Waals surface area contributed by atoms with E-state index < -0.39 is 5.54 Å². The first-order valence-electron chi connectivity index (χ1n) is 8.34. The van der Waals surface area contributed by atoms with Crippen molar-refractivity contribution < 1.29 is 4.79 Å². The van der Waals surface area contributed by atoms with Crippen LogP contribution < -0.4 is 11.1 Å². The number of rotatable bonds is 3. The highest BCUT2D eigenvalue weighted by molar-refractivity contribution is 5.86. The van der Waals surface area contributed by atoms with Crippen molar-refractivity contribution in [1.29, 1.82) is 0 Å². The van der Waals surface area contributed by atoms with Crippen LogP contribution in [0, 0.1) is 0 Å². The van der Waals surface area contributed by atoms with E-state index in [1.54, 1.807) is 0 Å². The van der Waals surface area contributed by atoms with Crippen molar-refractivity contribution in [3.63, 3.8) is 0 Å². The predicted octanol–water partition coefficient (Wildman–Crippen LogP) is 2.88. The van der Waals surface area contributed by atoms with Gasteiger partial charge in [-0.3, -0.25) is 4.79 Å². The molecular weight excluding hydrogens is 260 g/mol. The third-order valence-electron chi connectivity index (χ3n) is 5.20. The van der Waals surface area contributed by atoms with Gasteiger partial charge in [-0.15, -0.1) is 0 Å². The fourth-order valence-electron chi connectivity index (χ4n) is 3.87. The van der Waals surface area contributed by atoms with E-state index in [9.17, 15) is 4.79 Å². The molecule has 3 N–H and O–H groups in total. The number of nitrogens with one attached hydrogen (secondary N) is 1. The number of carbonyl (C=O) groups excluding carboxylic acids is 1. The summed E-state index contributed by atoms with van der Waals surface area (Å²) in [6.07, 6.45) is 8.58. The van der Waals surface area contributed by atoms with Gasteiger partial charge in [0.2, 0.25) is 5.91 Å². The minimum Gasteiger partial charge on any atom is -0.354 e. The van der Waals surface area contributed by atoms with Gasteiger partial charge in [0.25, 0.3) is 0 Å². The molecule has 1 amide bonds. The number of benzene rings is 1. The summed E-state index contributed by atoms with van der Waals surface area (Å²) in [5.41, 5.74) is 8.55. The number of aryl methyl sites for hydroxylation is 1. The molecule has 1 unspecified atom stereocenters. The fraction of sp³-hybridized carbons (Fsp3) is 0.611. The van der Waals surface area contributed by atoms with E-state index >= 15 is 0 Å². The molecule has 1 saturated carbocycles. The van der Waals surface area contributed by atoms with E-state index in [0.29, 0.717) is 5.92 Å². The van der Waals surface area contributed by atoms with Gasteiger partial charge in [0.15, 0.2) is 0 Å². The van der Waals surface area contributed by atoms with E-state index in [4.69, 9.17) is 5.73 Å². The summed E-state index contributed by atoms with van der Waals surface area (Å²) in [5, 5.41) is 3.14. The van der Waals surface area contributed by atoms with Gasteiger partial charge < -0.3 is 11.1 Å². The third-order valence-corrected chi connectivity index (χ3v) is 5.20. The van der Waals surface area contributed by atoms with Crippen LogP contribution in [0.5, 0.6) is 0 Å². The molecule has 0 heterocycles. The van der Waals surface area contributed by atoms with Crippen LogP contribution in [0.4, 0.5) is 0 Å². The molecule has 3 rings (SSSR count). The Balaban J connectivity index is 1.62. The summed E-state index contributed by atoms with van der Waals surface area (Å²) in [5.74, 6) is 0.511. The van der Waals surface area contributed by atoms with E-state index in [1.807, 2.05) is 0 Å². The number of hydrogen-bond acceptors (Lipinski definition) is 2. The molecule has 0 saturated heterocycles. The second-order valence-corrected chi connectivity index (χ2v) is 6.71. The third kappa shape index (κ3) is 3.13. The van der Waals surface area contributed by atoms with Crippen LogP contribution in [0.1, 0.15) is 62.0 Å². The maximum atomic E-state index is 12.4. The lowest BCUT2D eigenvalue weighted by Crippen LogP contribution is -2.55. The summed E-state index contributed by atoms with van der Waals surface area (Å²) in [6, 6.07) is 8.64. The van der Waals surface area contributed by atoms with Crippen LogP contribution in [0.15, 0.2) is 24.3 Å². The molecule has 21 heavy (non-hydrogen) atoms. The van der Waals surface area contributed by atoms with Gasteiger partial charge in [-0.1, -0.05) is 43.5 Å². The van der Waals surface area contributed by atoms with Gasteiger partial charge in [-0.05, 0) is 43.2 Å². The lowest BCUT2D eigenvalue weighted by molar-refractivity contribution is -0.127. The van der Waals surface area contributed by atoms with Crippen molar-refractivity contribution in [1.82, 2.24) is 5.32 Å². The highest BCUT2D eigenvalue weighted by atomic mass is 16.2. The Labute approximate surface area is 127 Å². The standard InChI is InChI=1S/C18H26N2O/c19-18(11-4-1-5-12-18)17(21)20-13-15-9-6-8-14-7-2-3-10-16(14)15/h2-3,7,10,15H,1,4-6,8-9,11-13,19H2,(H,20,21). The van der Waals surface area contributed by atoms with Gasteiger partial charge >= 0.3 is 0 Å². The summed E-state index contributed by atoms with van der Waals surface area (Å²) in [6.45, 7) is 0.731. The summed E-state index contributed by atoms with van der Waals surface area (Å²) in [4.78, 5) is 12.4. The van der Waals surface area contributed by atoms with Crippen molar-refractivity contribution in [3.8, 4) is 0 Å². The lowest BCUT2D eigenvalue weighted by Gasteiger charge is -2.33. The van der Waals surface area contributed by atoms with Crippen LogP contribution in [0.3, 0.4) is 0 Å². The first-order valence-corrected chi connectivity index (χ1v) is 8.34. The number of carbonyl (C=O) groups is 1. The second kappa shape index (κ2) is 6.18. The largest absolute Gasteiger partial charge is 0.354 e. The van der Waals surface area contributed by atoms with E-state index in [1.165, 1.54) is 30.4 Å². The molecule has 0 spiro atoms. The quantitative estimate of drug-likeness (QED) is 0.897. The molecule has 3 nitrogen and oxygen atoms in total. The monoisotopic (exact) mass is 286 g/mol. The maximum Gasteiger partial charge on any atom is 0.240 e. The Morgan fingerprint density at radius 1 is 1.19 bits per heavy atom. The average Bonchev–Trinajstić information content (AvgIpc) is 2.53. The summed E-state index contributed by atoms with van der Waals surface area (Å²) in [7, 11) is 0. The molecule has 2 aliphatic carbocycles. The van der Waals surface area contributed by atoms with Crippen molar-refractivity contribution in [3.05, 3.63) is 35.4 Å². The molecule has 0 bridgehead atoms. The Bertz CT molecular complexity index is 506. The molecule has 1 fully saturated rings. The number of hydrogen-bond donors (Lipinski definition) is 2. The molecule has 1 atom stereocenters. The summed E-state index contributed by atoms with van der Waals surface area (Å²) < 4.78 is 0. The van der Waals surface area contributed by atoms with Crippen molar-refractivity contribution in [2.45, 2.75) is 62.8 Å². The number of nitrogens with two attached hydrogens (primary N) is 1. The minimum atomic E-state index is -0.619. The normalized spacial score (nSPS) is 24.1. The van der Waals surface area contributed by atoms with Crippen molar-refractivity contribution >= 4 is 5.91 Å². The first-order chi connectivity index (χ1) is 10.2. The zero-order chi connectivity index (χ0) is 14.7. The van der Waals surface area contributed by atoms with Gasteiger partial charge in [0, 0.05) is 12.5 Å². The van der Waals surface area contributed by atoms with Crippen LogP contribution >= 0.6 is 0 Å². The number of amides is 1. The fourth-order valence-corrected chi connectivity index (χ4v) is 3.87. The predicted molar refractivity (Wildman–Crippen MR) is 85.1 cm³/mol. The molecule has 0 aromatic heterocycles. The highest BCUT2D eigenvalue weighted by Gasteiger charge is 2.35. The molecule has 114 valence electrons. The molecule has 2 aliphatic rings. The zero-order valence-corrected chi connectivity index (χ0v) is 12.7. The minimum absolute atomic E-state index is 0.0604. The van der Waals surface area contributed by atoms with Crippen LogP contribution in [0.25, 0.3) is 0 Å². The average molecular weight is 286 g/mol. The molecule has 1 aromatic rings. The molecule has 3 heteroatoms. The highest BCUT2D eigenvalue weighted by Crippen LogP contribution is 2.31. The second-order valence-electron chi connectivity index (χ2n) is 6.71. The van der Waals surface area contributed by atoms with Crippen molar-refractivity contribution in [2.24, 2.45) is 5.73 Å². The van der Waals surface area contributed by atoms with Crippen LogP contribution in [-0.4, -0.2) is 18.0 Å². The van der Waals surface area contributed by atoms with Gasteiger partial charge in [0.1, 0.15) is 0 Å².